The maximum absolute atomic E-state index is 12.9. The van der Waals surface area contributed by atoms with E-state index in [-0.39, 0.29) is 11.7 Å². The van der Waals surface area contributed by atoms with E-state index >= 15 is 0 Å². The minimum atomic E-state index is -0.375. The molecule has 1 saturated heterocycles. The molecule has 4 nitrogen and oxygen atoms in total. The molecule has 92 valence electrons. The van der Waals surface area contributed by atoms with Crippen LogP contribution in [0.1, 0.15) is 10.4 Å². The maximum Gasteiger partial charge on any atom is 0.266 e. The van der Waals surface area contributed by atoms with Gasteiger partial charge in [-0.1, -0.05) is 0 Å². The van der Waals surface area contributed by atoms with Gasteiger partial charge in [0.15, 0.2) is 0 Å². The van der Waals surface area contributed by atoms with E-state index in [0.29, 0.717) is 36.3 Å². The first-order chi connectivity index (χ1) is 8.16. The molecule has 1 N–H and O–H groups in total. The molecule has 0 bridgehead atoms. The molecule has 0 saturated carbocycles. The summed E-state index contributed by atoms with van der Waals surface area (Å²) in [4.78, 5) is 11.9. The second-order valence-corrected chi connectivity index (χ2v) is 4.52. The highest BCUT2D eigenvalue weighted by Crippen LogP contribution is 2.17. The van der Waals surface area contributed by atoms with Crippen LogP contribution in [0, 0.1) is 5.82 Å². The molecule has 1 heterocycles. The third-order valence-corrected chi connectivity index (χ3v) is 3.10. The van der Waals surface area contributed by atoms with Crippen LogP contribution in [0.4, 0.5) is 4.39 Å². The number of morpholine rings is 1. The zero-order valence-corrected chi connectivity index (χ0v) is 10.7. The van der Waals surface area contributed by atoms with Crippen LogP contribution < -0.4 is 5.43 Å². The van der Waals surface area contributed by atoms with Crippen LogP contribution in [0.3, 0.4) is 0 Å². The SMILES string of the molecule is O=C(NN1CCOCC1)c1ccc(F)cc1Br. The van der Waals surface area contributed by atoms with Crippen molar-refractivity contribution in [2.45, 2.75) is 0 Å². The fourth-order valence-corrected chi connectivity index (χ4v) is 2.08. The minimum Gasteiger partial charge on any atom is -0.379 e. The lowest BCUT2D eigenvalue weighted by Gasteiger charge is -2.27. The summed E-state index contributed by atoms with van der Waals surface area (Å²) in [5, 5.41) is 1.79. The Balaban J connectivity index is 2.03. The van der Waals surface area contributed by atoms with Gasteiger partial charge in [0.1, 0.15) is 5.82 Å². The van der Waals surface area contributed by atoms with Crippen LogP contribution in [-0.2, 0) is 4.74 Å². The van der Waals surface area contributed by atoms with Crippen molar-refractivity contribution in [3.63, 3.8) is 0 Å². The summed E-state index contributed by atoms with van der Waals surface area (Å²) < 4.78 is 18.5. The molecular weight excluding hydrogens is 291 g/mol. The molecule has 0 aromatic heterocycles. The lowest BCUT2D eigenvalue weighted by molar-refractivity contribution is 0.0126. The zero-order chi connectivity index (χ0) is 12.3. The Morgan fingerprint density at radius 1 is 1.41 bits per heavy atom. The van der Waals surface area contributed by atoms with Crippen molar-refractivity contribution in [2.24, 2.45) is 0 Å². The van der Waals surface area contributed by atoms with Crippen molar-refractivity contribution in [1.82, 2.24) is 10.4 Å². The molecule has 0 atom stereocenters. The van der Waals surface area contributed by atoms with Gasteiger partial charge in [-0.3, -0.25) is 10.2 Å². The average Bonchev–Trinajstić information content (AvgIpc) is 2.30. The number of amides is 1. The van der Waals surface area contributed by atoms with Crippen molar-refractivity contribution in [3.8, 4) is 0 Å². The first-order valence-electron chi connectivity index (χ1n) is 5.25. The minimum absolute atomic E-state index is 0.251. The predicted molar refractivity (Wildman–Crippen MR) is 64.0 cm³/mol. The zero-order valence-electron chi connectivity index (χ0n) is 9.08. The topological polar surface area (TPSA) is 41.6 Å². The van der Waals surface area contributed by atoms with E-state index in [1.807, 2.05) is 0 Å². The van der Waals surface area contributed by atoms with Gasteiger partial charge in [0.2, 0.25) is 0 Å². The smallest absolute Gasteiger partial charge is 0.266 e. The van der Waals surface area contributed by atoms with E-state index in [2.05, 4.69) is 21.4 Å². The Bertz CT molecular complexity index is 422. The van der Waals surface area contributed by atoms with Gasteiger partial charge in [-0.2, -0.15) is 0 Å². The summed E-state index contributed by atoms with van der Waals surface area (Å²) in [6, 6.07) is 3.99. The highest BCUT2D eigenvalue weighted by atomic mass is 79.9. The number of ether oxygens (including phenoxy) is 1. The average molecular weight is 303 g/mol. The van der Waals surface area contributed by atoms with Crippen molar-refractivity contribution in [3.05, 3.63) is 34.1 Å². The summed E-state index contributed by atoms with van der Waals surface area (Å²) >= 11 is 3.17. The quantitative estimate of drug-likeness (QED) is 0.901. The highest BCUT2D eigenvalue weighted by molar-refractivity contribution is 9.10. The van der Waals surface area contributed by atoms with Crippen LogP contribution in [-0.4, -0.2) is 37.2 Å². The number of hydrazine groups is 1. The molecule has 0 radical (unpaired) electrons. The Morgan fingerprint density at radius 3 is 2.76 bits per heavy atom. The Labute approximate surface area is 107 Å². The van der Waals surface area contributed by atoms with Gasteiger partial charge in [0, 0.05) is 17.6 Å². The van der Waals surface area contributed by atoms with Gasteiger partial charge < -0.3 is 4.74 Å². The number of rotatable bonds is 2. The molecule has 6 heteroatoms. The van der Waals surface area contributed by atoms with Crippen LogP contribution in [0.25, 0.3) is 0 Å². The predicted octanol–water partition coefficient (Wildman–Crippen LogP) is 1.57. The number of halogens is 2. The molecule has 1 aliphatic heterocycles. The maximum atomic E-state index is 12.9. The number of nitrogens with zero attached hydrogens (tertiary/aromatic N) is 1. The number of benzene rings is 1. The van der Waals surface area contributed by atoms with Crippen molar-refractivity contribution < 1.29 is 13.9 Å². The monoisotopic (exact) mass is 302 g/mol. The van der Waals surface area contributed by atoms with Gasteiger partial charge in [-0.25, -0.2) is 9.40 Å². The second kappa shape index (κ2) is 5.57. The van der Waals surface area contributed by atoms with E-state index in [1.165, 1.54) is 18.2 Å². The van der Waals surface area contributed by atoms with E-state index in [4.69, 9.17) is 4.74 Å². The van der Waals surface area contributed by atoms with Crippen LogP contribution in [0.15, 0.2) is 22.7 Å². The molecular formula is C11H12BrFN2O2. The first-order valence-corrected chi connectivity index (χ1v) is 6.05. The van der Waals surface area contributed by atoms with Gasteiger partial charge in [0.25, 0.3) is 5.91 Å². The van der Waals surface area contributed by atoms with Crippen LogP contribution in [0.5, 0.6) is 0 Å². The third kappa shape index (κ3) is 3.24. The molecule has 1 aromatic carbocycles. The highest BCUT2D eigenvalue weighted by Gasteiger charge is 2.16. The van der Waals surface area contributed by atoms with E-state index in [1.54, 1.807) is 5.01 Å². The summed E-state index contributed by atoms with van der Waals surface area (Å²) in [7, 11) is 0. The fraction of sp³-hybridized carbons (Fsp3) is 0.364. The normalized spacial score (nSPS) is 16.8. The number of carbonyl (C=O) groups excluding carboxylic acids is 1. The summed E-state index contributed by atoms with van der Waals surface area (Å²) in [6.45, 7) is 2.52. The van der Waals surface area contributed by atoms with Crippen LogP contribution in [0.2, 0.25) is 0 Å². The number of hydrogen-bond donors (Lipinski definition) is 1. The summed E-state index contributed by atoms with van der Waals surface area (Å²) in [6.07, 6.45) is 0. The summed E-state index contributed by atoms with van der Waals surface area (Å²) in [5.74, 6) is -0.626. The first kappa shape index (κ1) is 12.5. The third-order valence-electron chi connectivity index (χ3n) is 2.45. The van der Waals surface area contributed by atoms with Gasteiger partial charge in [0.05, 0.1) is 18.8 Å². The van der Waals surface area contributed by atoms with E-state index in [9.17, 15) is 9.18 Å². The van der Waals surface area contributed by atoms with Crippen molar-refractivity contribution in [1.29, 1.82) is 0 Å². The standard InChI is InChI=1S/C11H12BrFN2O2/c12-10-7-8(13)1-2-9(10)11(16)14-15-3-5-17-6-4-15/h1-2,7H,3-6H2,(H,14,16). The van der Waals surface area contributed by atoms with Crippen molar-refractivity contribution >= 4 is 21.8 Å². The largest absolute Gasteiger partial charge is 0.379 e. The van der Waals surface area contributed by atoms with Gasteiger partial charge in [-0.05, 0) is 34.1 Å². The van der Waals surface area contributed by atoms with E-state index in [0.717, 1.165) is 0 Å². The lowest BCUT2D eigenvalue weighted by Crippen LogP contribution is -2.48. The second-order valence-electron chi connectivity index (χ2n) is 3.66. The number of hydrogen-bond acceptors (Lipinski definition) is 3. The Hall–Kier alpha value is -0.980. The molecule has 1 amide bonds. The molecule has 0 spiro atoms. The number of carbonyl (C=O) groups is 1. The molecule has 1 aliphatic rings. The molecule has 1 aromatic rings. The molecule has 17 heavy (non-hydrogen) atoms. The molecule has 2 rings (SSSR count). The van der Waals surface area contributed by atoms with Crippen LogP contribution >= 0.6 is 15.9 Å². The Kier molecular flexibility index (Phi) is 4.09. The Morgan fingerprint density at radius 2 is 2.12 bits per heavy atom. The van der Waals surface area contributed by atoms with Crippen molar-refractivity contribution in [2.75, 3.05) is 26.3 Å². The fourth-order valence-electron chi connectivity index (χ4n) is 1.55. The van der Waals surface area contributed by atoms with Gasteiger partial charge >= 0.3 is 0 Å². The molecule has 0 unspecified atom stereocenters. The van der Waals surface area contributed by atoms with Gasteiger partial charge in [-0.15, -0.1) is 0 Å². The lowest BCUT2D eigenvalue weighted by atomic mass is 10.2. The number of nitrogens with one attached hydrogen (secondary N) is 1. The molecule has 0 aliphatic carbocycles. The van der Waals surface area contributed by atoms with E-state index < -0.39 is 0 Å². The summed E-state index contributed by atoms with van der Waals surface area (Å²) in [5.41, 5.74) is 3.17. The molecule has 1 fully saturated rings.